The minimum atomic E-state index is -0.821. The molecule has 6 heteroatoms. The lowest BCUT2D eigenvalue weighted by Crippen LogP contribution is -2.47. The number of carboxylic acids is 1. The van der Waals surface area contributed by atoms with Crippen molar-refractivity contribution in [2.75, 3.05) is 19.3 Å². The number of amides is 2. The fourth-order valence-electron chi connectivity index (χ4n) is 2.62. The number of benzene rings is 1. The van der Waals surface area contributed by atoms with Crippen LogP contribution in [-0.2, 0) is 4.79 Å². The van der Waals surface area contributed by atoms with E-state index in [0.717, 1.165) is 12.0 Å². The van der Waals surface area contributed by atoms with Gasteiger partial charge >= 0.3 is 12.0 Å². The van der Waals surface area contributed by atoms with Crippen LogP contribution in [0.15, 0.2) is 29.2 Å². The molecule has 1 aromatic rings. The summed E-state index contributed by atoms with van der Waals surface area (Å²) >= 11 is 1.68. The van der Waals surface area contributed by atoms with Crippen LogP contribution in [0.1, 0.15) is 31.4 Å². The summed E-state index contributed by atoms with van der Waals surface area (Å²) < 4.78 is 0. The van der Waals surface area contributed by atoms with E-state index in [1.807, 2.05) is 37.4 Å². The first kappa shape index (κ1) is 16.7. The fourth-order valence-corrected chi connectivity index (χ4v) is 3.02. The number of nitrogens with zero attached hydrogens (tertiary/aromatic N) is 1. The van der Waals surface area contributed by atoms with Crippen LogP contribution >= 0.6 is 11.8 Å². The first-order valence-electron chi connectivity index (χ1n) is 7.43. The van der Waals surface area contributed by atoms with Crippen molar-refractivity contribution >= 4 is 23.8 Å². The number of aliphatic carboxylic acids is 1. The first-order valence-corrected chi connectivity index (χ1v) is 8.66. The van der Waals surface area contributed by atoms with E-state index in [2.05, 4.69) is 5.32 Å². The Bertz CT molecular complexity index is 533. The third-order valence-corrected chi connectivity index (χ3v) is 4.76. The molecule has 2 rings (SSSR count). The highest BCUT2D eigenvalue weighted by Gasteiger charge is 2.28. The molecule has 0 aliphatic carbocycles. The topological polar surface area (TPSA) is 69.6 Å². The molecular formula is C16H22N2O3S. The molecule has 0 bridgehead atoms. The Morgan fingerprint density at radius 1 is 1.36 bits per heavy atom. The van der Waals surface area contributed by atoms with Crippen LogP contribution in [0.5, 0.6) is 0 Å². The van der Waals surface area contributed by atoms with E-state index in [1.165, 1.54) is 4.90 Å². The van der Waals surface area contributed by atoms with E-state index in [9.17, 15) is 9.59 Å². The van der Waals surface area contributed by atoms with Crippen LogP contribution in [0.25, 0.3) is 0 Å². The number of piperidine rings is 1. The second-order valence-electron chi connectivity index (χ2n) is 5.57. The summed E-state index contributed by atoms with van der Waals surface area (Å²) in [6, 6.07) is 7.79. The van der Waals surface area contributed by atoms with Gasteiger partial charge in [-0.15, -0.1) is 11.8 Å². The first-order chi connectivity index (χ1) is 10.5. The number of nitrogens with one attached hydrogen (secondary N) is 1. The molecular weight excluding hydrogens is 300 g/mol. The molecule has 0 saturated carbocycles. The van der Waals surface area contributed by atoms with Crippen molar-refractivity contribution in [3.8, 4) is 0 Å². The smallest absolute Gasteiger partial charge is 0.317 e. The fraction of sp³-hybridized carbons (Fsp3) is 0.500. The van der Waals surface area contributed by atoms with Gasteiger partial charge in [-0.2, -0.15) is 0 Å². The summed E-state index contributed by atoms with van der Waals surface area (Å²) in [6.45, 7) is 2.84. The van der Waals surface area contributed by atoms with Crippen LogP contribution < -0.4 is 5.32 Å². The average molecular weight is 322 g/mol. The number of carboxylic acid groups (broad SMARTS) is 1. The number of thioether (sulfide) groups is 1. The Labute approximate surface area is 135 Å². The molecule has 0 spiro atoms. The van der Waals surface area contributed by atoms with Crippen LogP contribution in [0.2, 0.25) is 0 Å². The molecule has 1 fully saturated rings. The van der Waals surface area contributed by atoms with E-state index in [4.69, 9.17) is 5.11 Å². The lowest BCUT2D eigenvalue weighted by atomic mass is 9.98. The van der Waals surface area contributed by atoms with Gasteiger partial charge in [-0.05, 0) is 43.7 Å². The van der Waals surface area contributed by atoms with Gasteiger partial charge in [-0.3, -0.25) is 4.79 Å². The van der Waals surface area contributed by atoms with Gasteiger partial charge in [0.1, 0.15) is 0 Å². The minimum Gasteiger partial charge on any atom is -0.481 e. The maximum Gasteiger partial charge on any atom is 0.317 e. The zero-order valence-electron chi connectivity index (χ0n) is 12.9. The number of carbonyl (C=O) groups is 2. The molecule has 22 heavy (non-hydrogen) atoms. The third kappa shape index (κ3) is 4.16. The summed E-state index contributed by atoms with van der Waals surface area (Å²) in [5, 5.41) is 12.0. The largest absolute Gasteiger partial charge is 0.481 e. The summed E-state index contributed by atoms with van der Waals surface area (Å²) in [4.78, 5) is 26.1. The Balaban J connectivity index is 1.93. The molecule has 0 aromatic heterocycles. The summed E-state index contributed by atoms with van der Waals surface area (Å²) in [6.07, 6.45) is 3.40. The number of hydrogen-bond acceptors (Lipinski definition) is 3. The van der Waals surface area contributed by atoms with Gasteiger partial charge < -0.3 is 15.3 Å². The van der Waals surface area contributed by atoms with Crippen molar-refractivity contribution in [1.29, 1.82) is 0 Å². The highest BCUT2D eigenvalue weighted by Crippen LogP contribution is 2.20. The number of carbonyl (C=O) groups excluding carboxylic acids is 1. The van der Waals surface area contributed by atoms with Gasteiger partial charge in [0.05, 0.1) is 12.0 Å². The van der Waals surface area contributed by atoms with Crippen LogP contribution in [0.3, 0.4) is 0 Å². The molecule has 1 unspecified atom stereocenters. The van der Waals surface area contributed by atoms with Gasteiger partial charge in [0.2, 0.25) is 0 Å². The maximum absolute atomic E-state index is 12.3. The van der Waals surface area contributed by atoms with E-state index in [1.54, 1.807) is 16.7 Å². The molecule has 1 heterocycles. The highest BCUT2D eigenvalue weighted by atomic mass is 32.2. The van der Waals surface area contributed by atoms with Crippen molar-refractivity contribution in [1.82, 2.24) is 10.2 Å². The van der Waals surface area contributed by atoms with E-state index >= 15 is 0 Å². The predicted molar refractivity (Wildman–Crippen MR) is 87.1 cm³/mol. The summed E-state index contributed by atoms with van der Waals surface area (Å²) in [7, 11) is 0. The Morgan fingerprint density at radius 2 is 2.05 bits per heavy atom. The lowest BCUT2D eigenvalue weighted by Gasteiger charge is -2.31. The number of likely N-dealkylation sites (tertiary alicyclic amines) is 1. The average Bonchev–Trinajstić information content (AvgIpc) is 2.54. The standard InChI is InChI=1S/C16H22N2O3S/c1-11(12-5-7-14(22-2)8-6-12)17-16(21)18-9-3-4-13(10-18)15(19)20/h5-8,11,13H,3-4,9-10H2,1-2H3,(H,17,21)(H,19,20)/t11-,13?/m0/s1. The predicted octanol–water partition coefficient (Wildman–Crippen LogP) is 2.98. The molecule has 2 N–H and O–H groups in total. The van der Waals surface area contributed by atoms with Crippen molar-refractivity contribution in [2.45, 2.75) is 30.7 Å². The van der Waals surface area contributed by atoms with E-state index in [-0.39, 0.29) is 12.1 Å². The Hall–Kier alpha value is -1.69. The summed E-state index contributed by atoms with van der Waals surface area (Å²) in [5.74, 6) is -1.27. The van der Waals surface area contributed by atoms with Crippen molar-refractivity contribution < 1.29 is 14.7 Å². The Kier molecular flexibility index (Phi) is 5.71. The molecule has 5 nitrogen and oxygen atoms in total. The number of hydrogen-bond donors (Lipinski definition) is 2. The second kappa shape index (κ2) is 7.54. The van der Waals surface area contributed by atoms with Gasteiger partial charge in [0.25, 0.3) is 0 Å². The zero-order valence-corrected chi connectivity index (χ0v) is 13.7. The highest BCUT2D eigenvalue weighted by molar-refractivity contribution is 7.98. The molecule has 2 atom stereocenters. The van der Waals surface area contributed by atoms with E-state index in [0.29, 0.717) is 19.5 Å². The van der Waals surface area contributed by atoms with Gasteiger partial charge in [0.15, 0.2) is 0 Å². The number of urea groups is 1. The molecule has 1 aromatic carbocycles. The van der Waals surface area contributed by atoms with Crippen molar-refractivity contribution in [3.05, 3.63) is 29.8 Å². The second-order valence-corrected chi connectivity index (χ2v) is 6.45. The molecule has 1 aliphatic rings. The van der Waals surface area contributed by atoms with Crippen LogP contribution in [-0.4, -0.2) is 41.4 Å². The quantitative estimate of drug-likeness (QED) is 0.836. The lowest BCUT2D eigenvalue weighted by molar-refractivity contribution is -0.143. The Morgan fingerprint density at radius 3 is 2.64 bits per heavy atom. The van der Waals surface area contributed by atoms with Gasteiger partial charge in [0, 0.05) is 18.0 Å². The monoisotopic (exact) mass is 322 g/mol. The molecule has 0 radical (unpaired) electrons. The van der Waals surface area contributed by atoms with Gasteiger partial charge in [-0.1, -0.05) is 12.1 Å². The SMILES string of the molecule is CSc1ccc([C@H](C)NC(=O)N2CCCC(C(=O)O)C2)cc1. The van der Waals surface area contributed by atoms with Crippen LogP contribution in [0, 0.1) is 5.92 Å². The van der Waals surface area contributed by atoms with Crippen molar-refractivity contribution in [3.63, 3.8) is 0 Å². The van der Waals surface area contributed by atoms with Gasteiger partial charge in [-0.25, -0.2) is 4.79 Å². The zero-order chi connectivity index (χ0) is 16.1. The molecule has 2 amide bonds. The van der Waals surface area contributed by atoms with Crippen molar-refractivity contribution in [2.24, 2.45) is 5.92 Å². The van der Waals surface area contributed by atoms with Crippen LogP contribution in [0.4, 0.5) is 4.79 Å². The summed E-state index contributed by atoms with van der Waals surface area (Å²) in [5.41, 5.74) is 1.04. The number of rotatable bonds is 4. The molecule has 1 aliphatic heterocycles. The van der Waals surface area contributed by atoms with E-state index < -0.39 is 11.9 Å². The molecule has 1 saturated heterocycles. The normalized spacial score (nSPS) is 19.5. The third-order valence-electron chi connectivity index (χ3n) is 4.01. The molecule has 120 valence electrons. The maximum atomic E-state index is 12.3. The minimum absolute atomic E-state index is 0.103.